The number of nitrogens with zero attached hydrogens (tertiary/aromatic N) is 1. The number of hydrogen-bond donors (Lipinski definition) is 1. The van der Waals surface area contributed by atoms with Crippen molar-refractivity contribution in [2.45, 2.75) is 19.3 Å². The molecule has 0 aromatic heterocycles. The first-order valence-electron chi connectivity index (χ1n) is 7.32. The second-order valence-electron chi connectivity index (χ2n) is 5.25. The van der Waals surface area contributed by atoms with E-state index in [0.717, 1.165) is 30.6 Å². The van der Waals surface area contributed by atoms with Crippen LogP contribution in [0.15, 0.2) is 54.6 Å². The van der Waals surface area contributed by atoms with Crippen LogP contribution in [0.4, 0.5) is 5.69 Å². The third-order valence-corrected chi connectivity index (χ3v) is 3.85. The molecule has 0 aliphatic rings. The standard InChI is InChI=1S/C18H22N2S/c1-20(17-13-6-5-12-16(17)18(19)21)14-8-7-11-15-9-3-2-4-10-15/h2-6,9-10,12-13H,7-8,11,14H2,1H3,(H2,19,21). The zero-order chi connectivity index (χ0) is 15.1. The summed E-state index contributed by atoms with van der Waals surface area (Å²) in [6, 6.07) is 18.7. The van der Waals surface area contributed by atoms with E-state index in [1.165, 1.54) is 12.0 Å². The third-order valence-electron chi connectivity index (χ3n) is 3.63. The van der Waals surface area contributed by atoms with Gasteiger partial charge in [0, 0.05) is 24.8 Å². The molecule has 0 unspecified atom stereocenters. The van der Waals surface area contributed by atoms with Crippen LogP contribution < -0.4 is 10.6 Å². The van der Waals surface area contributed by atoms with Crippen molar-refractivity contribution in [2.75, 3.05) is 18.5 Å². The van der Waals surface area contributed by atoms with Crippen LogP contribution in [0.3, 0.4) is 0 Å². The number of para-hydroxylation sites is 1. The number of nitrogens with two attached hydrogens (primary N) is 1. The highest BCUT2D eigenvalue weighted by atomic mass is 32.1. The summed E-state index contributed by atoms with van der Waals surface area (Å²) >= 11 is 5.12. The second-order valence-corrected chi connectivity index (χ2v) is 5.69. The highest BCUT2D eigenvalue weighted by Gasteiger charge is 2.08. The highest BCUT2D eigenvalue weighted by Crippen LogP contribution is 2.19. The molecule has 0 saturated carbocycles. The van der Waals surface area contributed by atoms with Gasteiger partial charge in [-0.3, -0.25) is 0 Å². The van der Waals surface area contributed by atoms with Gasteiger partial charge in [0.1, 0.15) is 4.99 Å². The van der Waals surface area contributed by atoms with Crippen LogP contribution in [0.2, 0.25) is 0 Å². The molecule has 0 fully saturated rings. The fourth-order valence-electron chi connectivity index (χ4n) is 2.46. The quantitative estimate of drug-likeness (QED) is 0.623. The lowest BCUT2D eigenvalue weighted by Gasteiger charge is -2.22. The summed E-state index contributed by atoms with van der Waals surface area (Å²) in [4.78, 5) is 2.70. The first kappa shape index (κ1) is 15.5. The Balaban J connectivity index is 1.85. The van der Waals surface area contributed by atoms with Gasteiger partial charge in [0.05, 0.1) is 0 Å². The van der Waals surface area contributed by atoms with Gasteiger partial charge in [-0.25, -0.2) is 0 Å². The maximum Gasteiger partial charge on any atom is 0.106 e. The third kappa shape index (κ3) is 4.57. The lowest BCUT2D eigenvalue weighted by Crippen LogP contribution is -2.22. The van der Waals surface area contributed by atoms with Crippen molar-refractivity contribution in [1.29, 1.82) is 0 Å². The summed E-state index contributed by atoms with van der Waals surface area (Å²) in [7, 11) is 2.10. The van der Waals surface area contributed by atoms with E-state index in [2.05, 4.69) is 48.3 Å². The maximum atomic E-state index is 5.79. The molecule has 0 heterocycles. The summed E-state index contributed by atoms with van der Waals surface area (Å²) in [6.07, 6.45) is 3.46. The molecular weight excluding hydrogens is 276 g/mol. The number of rotatable bonds is 7. The molecule has 0 aliphatic heterocycles. The molecule has 3 heteroatoms. The van der Waals surface area contributed by atoms with Gasteiger partial charge in [-0.2, -0.15) is 0 Å². The van der Waals surface area contributed by atoms with E-state index in [9.17, 15) is 0 Å². The summed E-state index contributed by atoms with van der Waals surface area (Å²) in [5.74, 6) is 0. The van der Waals surface area contributed by atoms with Gasteiger partial charge in [-0.1, -0.05) is 54.7 Å². The van der Waals surface area contributed by atoms with E-state index in [1.54, 1.807) is 0 Å². The van der Waals surface area contributed by atoms with Crippen molar-refractivity contribution < 1.29 is 0 Å². The van der Waals surface area contributed by atoms with Gasteiger partial charge in [0.15, 0.2) is 0 Å². The molecule has 2 aromatic rings. The molecule has 2 aromatic carbocycles. The minimum Gasteiger partial charge on any atom is -0.389 e. The van der Waals surface area contributed by atoms with E-state index < -0.39 is 0 Å². The summed E-state index contributed by atoms with van der Waals surface area (Å²) in [6.45, 7) is 1.01. The van der Waals surface area contributed by atoms with Gasteiger partial charge in [-0.05, 0) is 37.0 Å². The first-order chi connectivity index (χ1) is 10.2. The smallest absolute Gasteiger partial charge is 0.106 e. The highest BCUT2D eigenvalue weighted by molar-refractivity contribution is 7.80. The van der Waals surface area contributed by atoms with Gasteiger partial charge in [-0.15, -0.1) is 0 Å². The van der Waals surface area contributed by atoms with E-state index in [0.29, 0.717) is 4.99 Å². The Morgan fingerprint density at radius 1 is 1.00 bits per heavy atom. The van der Waals surface area contributed by atoms with E-state index >= 15 is 0 Å². The van der Waals surface area contributed by atoms with Crippen LogP contribution in [-0.2, 0) is 6.42 Å². The van der Waals surface area contributed by atoms with Crippen molar-refractivity contribution in [3.8, 4) is 0 Å². The average molecular weight is 298 g/mol. The largest absolute Gasteiger partial charge is 0.389 e. The number of thiocarbonyl (C=S) groups is 1. The normalized spacial score (nSPS) is 10.3. The van der Waals surface area contributed by atoms with Crippen molar-refractivity contribution in [3.05, 3.63) is 65.7 Å². The Labute approximate surface area is 132 Å². The molecule has 2 N–H and O–H groups in total. The molecule has 21 heavy (non-hydrogen) atoms. The number of anilines is 1. The Hall–Kier alpha value is -1.87. The summed E-state index contributed by atoms with van der Waals surface area (Å²) in [5, 5.41) is 0. The molecule has 0 amide bonds. The fourth-order valence-corrected chi connectivity index (χ4v) is 2.63. The molecule has 2 rings (SSSR count). The van der Waals surface area contributed by atoms with Gasteiger partial charge in [0.2, 0.25) is 0 Å². The number of unbranched alkanes of at least 4 members (excludes halogenated alkanes) is 1. The zero-order valence-corrected chi connectivity index (χ0v) is 13.3. The van der Waals surface area contributed by atoms with Gasteiger partial charge in [0.25, 0.3) is 0 Å². The first-order valence-corrected chi connectivity index (χ1v) is 7.73. The predicted molar refractivity (Wildman–Crippen MR) is 95.0 cm³/mol. The SMILES string of the molecule is CN(CCCCc1ccccc1)c1ccccc1C(N)=S. The Bertz CT molecular complexity index is 581. The van der Waals surface area contributed by atoms with Crippen molar-refractivity contribution in [3.63, 3.8) is 0 Å². The molecule has 0 bridgehead atoms. The number of aryl methyl sites for hydroxylation is 1. The van der Waals surface area contributed by atoms with E-state index in [-0.39, 0.29) is 0 Å². The summed E-state index contributed by atoms with van der Waals surface area (Å²) < 4.78 is 0. The molecule has 0 spiro atoms. The molecule has 2 nitrogen and oxygen atoms in total. The minimum atomic E-state index is 0.460. The van der Waals surface area contributed by atoms with E-state index in [1.807, 2.05) is 18.2 Å². The lowest BCUT2D eigenvalue weighted by molar-refractivity contribution is 0.719. The van der Waals surface area contributed by atoms with Gasteiger partial charge < -0.3 is 10.6 Å². The van der Waals surface area contributed by atoms with E-state index in [4.69, 9.17) is 18.0 Å². The topological polar surface area (TPSA) is 29.3 Å². The van der Waals surface area contributed by atoms with Crippen LogP contribution in [-0.4, -0.2) is 18.6 Å². The number of hydrogen-bond acceptors (Lipinski definition) is 2. The Morgan fingerprint density at radius 2 is 1.67 bits per heavy atom. The monoisotopic (exact) mass is 298 g/mol. The van der Waals surface area contributed by atoms with Crippen LogP contribution in [0.25, 0.3) is 0 Å². The molecule has 0 radical (unpaired) electrons. The Morgan fingerprint density at radius 3 is 2.38 bits per heavy atom. The molecule has 110 valence electrons. The van der Waals surface area contributed by atoms with Crippen molar-refractivity contribution in [2.24, 2.45) is 5.73 Å². The average Bonchev–Trinajstić information content (AvgIpc) is 2.52. The summed E-state index contributed by atoms with van der Waals surface area (Å²) in [5.41, 5.74) is 9.27. The van der Waals surface area contributed by atoms with Crippen LogP contribution >= 0.6 is 12.2 Å². The predicted octanol–water partition coefficient (Wildman–Crippen LogP) is 3.78. The lowest BCUT2D eigenvalue weighted by atomic mass is 10.1. The molecule has 0 aliphatic carbocycles. The van der Waals surface area contributed by atoms with Crippen LogP contribution in [0, 0.1) is 0 Å². The van der Waals surface area contributed by atoms with Crippen LogP contribution in [0.1, 0.15) is 24.0 Å². The zero-order valence-electron chi connectivity index (χ0n) is 12.5. The van der Waals surface area contributed by atoms with Gasteiger partial charge >= 0.3 is 0 Å². The molecule has 0 atom stereocenters. The van der Waals surface area contributed by atoms with Crippen LogP contribution in [0.5, 0.6) is 0 Å². The fraction of sp³-hybridized carbons (Fsp3) is 0.278. The maximum absolute atomic E-state index is 5.79. The number of benzene rings is 2. The second kappa shape index (κ2) is 7.79. The Kier molecular flexibility index (Phi) is 5.76. The van der Waals surface area contributed by atoms with Crippen molar-refractivity contribution in [1.82, 2.24) is 0 Å². The molecular formula is C18H22N2S. The molecule has 0 saturated heterocycles. The van der Waals surface area contributed by atoms with Crippen molar-refractivity contribution >= 4 is 22.9 Å². The minimum absolute atomic E-state index is 0.460.